The first-order valence-corrected chi connectivity index (χ1v) is 9.76. The standard InChI is InChI=1S/C22H23N3O7/c1-30-16-8-9-17(18(11-16)31-2)25-12-15(10-20(25)27)22(29)32-13-19(26)23-24-21(28)14-6-4-3-5-7-14/h3-9,11,15H,10,12-13H2,1-2H3,(H,23,26)(H,24,28)/t15-/m1/s1. The summed E-state index contributed by atoms with van der Waals surface area (Å²) in [5, 5.41) is 0. The Morgan fingerprint density at radius 3 is 2.47 bits per heavy atom. The Kier molecular flexibility index (Phi) is 7.27. The van der Waals surface area contributed by atoms with Crippen molar-refractivity contribution in [2.24, 2.45) is 5.92 Å². The zero-order chi connectivity index (χ0) is 23.1. The van der Waals surface area contributed by atoms with E-state index in [1.165, 1.54) is 19.1 Å². The van der Waals surface area contributed by atoms with Gasteiger partial charge in [0, 0.05) is 24.6 Å². The highest BCUT2D eigenvalue weighted by atomic mass is 16.5. The van der Waals surface area contributed by atoms with Gasteiger partial charge in [-0.3, -0.25) is 30.0 Å². The summed E-state index contributed by atoms with van der Waals surface area (Å²) < 4.78 is 15.5. The molecule has 1 aliphatic heterocycles. The van der Waals surface area contributed by atoms with Gasteiger partial charge in [0.25, 0.3) is 11.8 Å². The number of hydrogen-bond acceptors (Lipinski definition) is 7. The normalized spacial score (nSPS) is 15.1. The van der Waals surface area contributed by atoms with E-state index in [1.807, 2.05) is 0 Å². The van der Waals surface area contributed by atoms with Crippen LogP contribution in [0.5, 0.6) is 11.5 Å². The van der Waals surface area contributed by atoms with Gasteiger partial charge in [0.15, 0.2) is 6.61 Å². The molecule has 0 spiro atoms. The van der Waals surface area contributed by atoms with Crippen molar-refractivity contribution in [2.45, 2.75) is 6.42 Å². The number of carbonyl (C=O) groups excluding carboxylic acids is 4. The summed E-state index contributed by atoms with van der Waals surface area (Å²) >= 11 is 0. The molecule has 1 saturated heterocycles. The highest BCUT2D eigenvalue weighted by Gasteiger charge is 2.37. The zero-order valence-electron chi connectivity index (χ0n) is 17.6. The van der Waals surface area contributed by atoms with Crippen LogP contribution in [0.4, 0.5) is 5.69 Å². The second-order valence-corrected chi connectivity index (χ2v) is 6.92. The maximum absolute atomic E-state index is 12.5. The summed E-state index contributed by atoms with van der Waals surface area (Å²) in [6.45, 7) is -0.503. The molecule has 10 nitrogen and oxygen atoms in total. The fraction of sp³-hybridized carbons (Fsp3) is 0.273. The highest BCUT2D eigenvalue weighted by Crippen LogP contribution is 2.35. The number of nitrogens with zero attached hydrogens (tertiary/aromatic N) is 1. The summed E-state index contributed by atoms with van der Waals surface area (Å²) in [7, 11) is 2.99. The number of benzene rings is 2. The van der Waals surface area contributed by atoms with Crippen molar-refractivity contribution in [1.29, 1.82) is 0 Å². The number of ether oxygens (including phenoxy) is 3. The fourth-order valence-corrected chi connectivity index (χ4v) is 3.18. The molecule has 168 valence electrons. The lowest BCUT2D eigenvalue weighted by atomic mass is 10.1. The molecule has 0 bridgehead atoms. The summed E-state index contributed by atoms with van der Waals surface area (Å²) in [5.41, 5.74) is 5.28. The Morgan fingerprint density at radius 1 is 1.03 bits per heavy atom. The van der Waals surface area contributed by atoms with E-state index in [2.05, 4.69) is 10.9 Å². The number of anilines is 1. The first-order chi connectivity index (χ1) is 15.4. The van der Waals surface area contributed by atoms with E-state index >= 15 is 0 Å². The predicted molar refractivity (Wildman–Crippen MR) is 113 cm³/mol. The third-order valence-electron chi connectivity index (χ3n) is 4.83. The molecule has 2 aromatic carbocycles. The van der Waals surface area contributed by atoms with Gasteiger partial charge in [0.2, 0.25) is 5.91 Å². The number of hydrogen-bond donors (Lipinski definition) is 2. The second kappa shape index (κ2) is 10.3. The van der Waals surface area contributed by atoms with Crippen LogP contribution in [-0.4, -0.2) is 51.1 Å². The average molecular weight is 441 g/mol. The zero-order valence-corrected chi connectivity index (χ0v) is 17.6. The van der Waals surface area contributed by atoms with Gasteiger partial charge in [-0.1, -0.05) is 18.2 Å². The van der Waals surface area contributed by atoms with Crippen molar-refractivity contribution in [3.63, 3.8) is 0 Å². The van der Waals surface area contributed by atoms with Gasteiger partial charge in [-0.25, -0.2) is 0 Å². The van der Waals surface area contributed by atoms with Crippen molar-refractivity contribution in [3.8, 4) is 11.5 Å². The van der Waals surface area contributed by atoms with Crippen LogP contribution in [-0.2, 0) is 19.1 Å². The van der Waals surface area contributed by atoms with Crippen molar-refractivity contribution < 1.29 is 33.4 Å². The number of nitrogens with one attached hydrogen (secondary N) is 2. The molecule has 1 fully saturated rings. The molecule has 1 heterocycles. The molecular formula is C22H23N3O7. The highest BCUT2D eigenvalue weighted by molar-refractivity contribution is 6.01. The number of hydrazine groups is 1. The number of carbonyl (C=O) groups is 4. The molecule has 2 aromatic rings. The molecule has 0 aliphatic carbocycles. The van der Waals surface area contributed by atoms with E-state index in [-0.39, 0.29) is 18.9 Å². The molecule has 0 unspecified atom stereocenters. The minimum Gasteiger partial charge on any atom is -0.497 e. The van der Waals surface area contributed by atoms with Crippen LogP contribution in [0.1, 0.15) is 16.8 Å². The molecule has 3 amide bonds. The molecule has 32 heavy (non-hydrogen) atoms. The third kappa shape index (κ3) is 5.34. The lowest BCUT2D eigenvalue weighted by molar-refractivity contribution is -0.152. The van der Waals surface area contributed by atoms with Gasteiger partial charge in [0.05, 0.1) is 25.8 Å². The number of rotatable bonds is 7. The largest absolute Gasteiger partial charge is 0.497 e. The van der Waals surface area contributed by atoms with Crippen LogP contribution in [0.3, 0.4) is 0 Å². The van der Waals surface area contributed by atoms with E-state index in [0.717, 1.165) is 0 Å². The Hall–Kier alpha value is -4.08. The number of esters is 1. The first-order valence-electron chi connectivity index (χ1n) is 9.76. The van der Waals surface area contributed by atoms with Gasteiger partial charge >= 0.3 is 5.97 Å². The molecule has 1 atom stereocenters. The second-order valence-electron chi connectivity index (χ2n) is 6.92. The van der Waals surface area contributed by atoms with Crippen LogP contribution in [0.25, 0.3) is 0 Å². The lowest BCUT2D eigenvalue weighted by Crippen LogP contribution is -2.43. The Morgan fingerprint density at radius 2 is 1.78 bits per heavy atom. The third-order valence-corrected chi connectivity index (χ3v) is 4.83. The molecule has 1 aliphatic rings. The fourth-order valence-electron chi connectivity index (χ4n) is 3.18. The van der Waals surface area contributed by atoms with Gasteiger partial charge in [-0.05, 0) is 24.3 Å². The van der Waals surface area contributed by atoms with Gasteiger partial charge in [0.1, 0.15) is 11.5 Å². The summed E-state index contributed by atoms with van der Waals surface area (Å²) in [4.78, 5) is 50.1. The quantitative estimate of drug-likeness (QED) is 0.486. The van der Waals surface area contributed by atoms with Gasteiger partial charge in [-0.2, -0.15) is 0 Å². The molecule has 10 heteroatoms. The molecular weight excluding hydrogens is 418 g/mol. The van der Waals surface area contributed by atoms with E-state index in [9.17, 15) is 19.2 Å². The summed E-state index contributed by atoms with van der Waals surface area (Å²) in [5.74, 6) is -1.90. The molecule has 3 rings (SSSR count). The first kappa shape index (κ1) is 22.6. The predicted octanol–water partition coefficient (Wildman–Crippen LogP) is 1.06. The monoisotopic (exact) mass is 441 g/mol. The molecule has 0 saturated carbocycles. The lowest BCUT2D eigenvalue weighted by Gasteiger charge is -2.20. The van der Waals surface area contributed by atoms with Gasteiger partial charge < -0.3 is 19.1 Å². The minimum absolute atomic E-state index is 0.0552. The Balaban J connectivity index is 1.50. The number of amides is 3. The Labute approximate surface area is 184 Å². The van der Waals surface area contributed by atoms with Crippen molar-refractivity contribution >= 4 is 29.4 Å². The van der Waals surface area contributed by atoms with Crippen LogP contribution >= 0.6 is 0 Å². The van der Waals surface area contributed by atoms with E-state index in [1.54, 1.807) is 48.5 Å². The van der Waals surface area contributed by atoms with E-state index < -0.39 is 30.3 Å². The maximum Gasteiger partial charge on any atom is 0.311 e. The van der Waals surface area contributed by atoms with Gasteiger partial charge in [-0.15, -0.1) is 0 Å². The average Bonchev–Trinajstić information content (AvgIpc) is 3.22. The van der Waals surface area contributed by atoms with E-state index in [0.29, 0.717) is 22.7 Å². The van der Waals surface area contributed by atoms with Crippen LogP contribution in [0.2, 0.25) is 0 Å². The Bertz CT molecular complexity index is 1010. The summed E-state index contributed by atoms with van der Waals surface area (Å²) in [6, 6.07) is 13.3. The van der Waals surface area contributed by atoms with E-state index in [4.69, 9.17) is 14.2 Å². The molecule has 0 radical (unpaired) electrons. The number of methoxy groups -OCH3 is 2. The maximum atomic E-state index is 12.5. The minimum atomic E-state index is -0.735. The topological polar surface area (TPSA) is 123 Å². The smallest absolute Gasteiger partial charge is 0.311 e. The van der Waals surface area contributed by atoms with Crippen LogP contribution in [0, 0.1) is 5.92 Å². The van der Waals surface area contributed by atoms with Crippen molar-refractivity contribution in [3.05, 3.63) is 54.1 Å². The van der Waals surface area contributed by atoms with Crippen LogP contribution < -0.4 is 25.2 Å². The SMILES string of the molecule is COc1ccc(N2C[C@H](C(=O)OCC(=O)NNC(=O)c3ccccc3)CC2=O)c(OC)c1. The molecule has 2 N–H and O–H groups in total. The summed E-state index contributed by atoms with van der Waals surface area (Å²) in [6.07, 6.45) is -0.0552. The van der Waals surface area contributed by atoms with Crippen LogP contribution in [0.15, 0.2) is 48.5 Å². The molecule has 0 aromatic heterocycles. The van der Waals surface area contributed by atoms with Crippen molar-refractivity contribution in [1.82, 2.24) is 10.9 Å². The van der Waals surface area contributed by atoms with Crippen molar-refractivity contribution in [2.75, 3.05) is 32.3 Å².